The van der Waals surface area contributed by atoms with E-state index in [1.54, 1.807) is 18.3 Å². The molecule has 4 heteroatoms. The van der Waals surface area contributed by atoms with Gasteiger partial charge in [0.05, 0.1) is 17.9 Å². The van der Waals surface area contributed by atoms with Crippen molar-refractivity contribution >= 4 is 5.69 Å². The average Bonchev–Trinajstić information content (AvgIpc) is 2.29. The number of aromatic nitrogens is 2. The van der Waals surface area contributed by atoms with E-state index in [9.17, 15) is 4.39 Å². The Kier molecular flexibility index (Phi) is 3.10. The number of anilines is 1. The van der Waals surface area contributed by atoms with Gasteiger partial charge in [-0.2, -0.15) is 0 Å². The normalized spacial score (nSPS) is 10.1. The van der Waals surface area contributed by atoms with Gasteiger partial charge in [-0.1, -0.05) is 6.07 Å². The zero-order valence-corrected chi connectivity index (χ0v) is 8.94. The Morgan fingerprint density at radius 1 is 1.31 bits per heavy atom. The van der Waals surface area contributed by atoms with Gasteiger partial charge in [-0.3, -0.25) is 0 Å². The van der Waals surface area contributed by atoms with E-state index < -0.39 is 0 Å². The van der Waals surface area contributed by atoms with Crippen molar-refractivity contribution in [2.45, 2.75) is 13.5 Å². The van der Waals surface area contributed by atoms with E-state index in [0.717, 1.165) is 11.3 Å². The van der Waals surface area contributed by atoms with Crippen LogP contribution < -0.4 is 5.32 Å². The largest absolute Gasteiger partial charge is 0.377 e. The third kappa shape index (κ3) is 2.53. The molecule has 0 bridgehead atoms. The Hall–Kier alpha value is -1.97. The van der Waals surface area contributed by atoms with Crippen LogP contribution in [0.25, 0.3) is 0 Å². The summed E-state index contributed by atoms with van der Waals surface area (Å²) in [5.74, 6) is -0.242. The molecule has 0 saturated carbocycles. The Morgan fingerprint density at radius 2 is 2.19 bits per heavy atom. The number of aryl methyl sites for hydroxylation is 1. The summed E-state index contributed by atoms with van der Waals surface area (Å²) in [5, 5.41) is 2.99. The van der Waals surface area contributed by atoms with Gasteiger partial charge in [-0.15, -0.1) is 0 Å². The molecule has 0 radical (unpaired) electrons. The Morgan fingerprint density at radius 3 is 2.88 bits per heavy atom. The van der Waals surface area contributed by atoms with Gasteiger partial charge in [-0.05, 0) is 30.7 Å². The molecule has 0 amide bonds. The highest BCUT2D eigenvalue weighted by Crippen LogP contribution is 2.15. The van der Waals surface area contributed by atoms with Crippen molar-refractivity contribution in [2.75, 3.05) is 5.32 Å². The first-order valence-corrected chi connectivity index (χ1v) is 5.00. The number of nitrogens with zero attached hydrogens (tertiary/aromatic N) is 2. The number of halogens is 1. The van der Waals surface area contributed by atoms with Gasteiger partial charge in [-0.25, -0.2) is 14.4 Å². The minimum absolute atomic E-state index is 0.242. The number of rotatable bonds is 3. The second kappa shape index (κ2) is 4.70. The summed E-state index contributed by atoms with van der Waals surface area (Å²) in [7, 11) is 0. The number of nitrogens with one attached hydrogen (secondary N) is 1. The first kappa shape index (κ1) is 10.5. The van der Waals surface area contributed by atoms with E-state index >= 15 is 0 Å². The molecule has 0 aliphatic carbocycles. The maximum atomic E-state index is 13.5. The third-order valence-corrected chi connectivity index (χ3v) is 2.23. The third-order valence-electron chi connectivity index (χ3n) is 2.23. The maximum Gasteiger partial charge on any atom is 0.146 e. The molecule has 0 unspecified atom stereocenters. The summed E-state index contributed by atoms with van der Waals surface area (Å²) < 4.78 is 13.5. The summed E-state index contributed by atoms with van der Waals surface area (Å²) in [6.07, 6.45) is 3.14. The number of benzene rings is 1. The standard InChI is InChI=1S/C12H12FN3/c1-9-2-3-12(11(13)6-9)15-7-10-4-5-14-8-16-10/h2-6,8,15H,7H2,1H3. The van der Waals surface area contributed by atoms with Gasteiger partial charge < -0.3 is 5.32 Å². The fourth-order valence-electron chi connectivity index (χ4n) is 1.37. The van der Waals surface area contributed by atoms with Gasteiger partial charge in [0.2, 0.25) is 0 Å². The molecule has 0 atom stereocenters. The van der Waals surface area contributed by atoms with Crippen LogP contribution in [0.2, 0.25) is 0 Å². The molecule has 1 aromatic carbocycles. The van der Waals surface area contributed by atoms with Crippen LogP contribution in [0, 0.1) is 12.7 Å². The van der Waals surface area contributed by atoms with Crippen molar-refractivity contribution in [3.63, 3.8) is 0 Å². The first-order valence-electron chi connectivity index (χ1n) is 5.00. The van der Waals surface area contributed by atoms with Crippen LogP contribution in [0.5, 0.6) is 0 Å². The lowest BCUT2D eigenvalue weighted by molar-refractivity contribution is 0.629. The van der Waals surface area contributed by atoms with Crippen LogP contribution in [0.3, 0.4) is 0 Å². The van der Waals surface area contributed by atoms with Crippen LogP contribution in [-0.4, -0.2) is 9.97 Å². The topological polar surface area (TPSA) is 37.8 Å². The zero-order chi connectivity index (χ0) is 11.4. The smallest absolute Gasteiger partial charge is 0.146 e. The van der Waals surface area contributed by atoms with Crippen molar-refractivity contribution in [3.8, 4) is 0 Å². The van der Waals surface area contributed by atoms with Crippen LogP contribution in [0.15, 0.2) is 36.8 Å². The van der Waals surface area contributed by atoms with Crippen molar-refractivity contribution in [1.82, 2.24) is 9.97 Å². The number of hydrogen-bond acceptors (Lipinski definition) is 3. The lowest BCUT2D eigenvalue weighted by Gasteiger charge is -2.07. The fraction of sp³-hybridized carbons (Fsp3) is 0.167. The van der Waals surface area contributed by atoms with E-state index in [4.69, 9.17) is 0 Å². The van der Waals surface area contributed by atoms with Crippen molar-refractivity contribution in [2.24, 2.45) is 0 Å². The molecule has 1 N–H and O–H groups in total. The lowest BCUT2D eigenvalue weighted by Crippen LogP contribution is -2.03. The maximum absolute atomic E-state index is 13.5. The molecule has 0 fully saturated rings. The zero-order valence-electron chi connectivity index (χ0n) is 8.94. The fourth-order valence-corrected chi connectivity index (χ4v) is 1.37. The second-order valence-electron chi connectivity index (χ2n) is 3.54. The van der Waals surface area contributed by atoms with Crippen LogP contribution in [0.4, 0.5) is 10.1 Å². The van der Waals surface area contributed by atoms with Crippen molar-refractivity contribution in [1.29, 1.82) is 0 Å². The molecular weight excluding hydrogens is 205 g/mol. The summed E-state index contributed by atoms with van der Waals surface area (Å²) >= 11 is 0. The molecule has 3 nitrogen and oxygen atoms in total. The highest BCUT2D eigenvalue weighted by Gasteiger charge is 2.01. The molecular formula is C12H12FN3. The molecule has 0 aliphatic heterocycles. The Balaban J connectivity index is 2.05. The van der Waals surface area contributed by atoms with Gasteiger partial charge in [0.1, 0.15) is 12.1 Å². The minimum Gasteiger partial charge on any atom is -0.377 e. The Labute approximate surface area is 93.4 Å². The minimum atomic E-state index is -0.242. The second-order valence-corrected chi connectivity index (χ2v) is 3.54. The van der Waals surface area contributed by atoms with E-state index in [1.807, 2.05) is 13.0 Å². The van der Waals surface area contributed by atoms with Crippen LogP contribution in [-0.2, 0) is 6.54 Å². The molecule has 2 aromatic rings. The molecule has 82 valence electrons. The predicted octanol–water partition coefficient (Wildman–Crippen LogP) is 2.54. The Bertz CT molecular complexity index is 471. The highest BCUT2D eigenvalue weighted by atomic mass is 19.1. The van der Waals surface area contributed by atoms with Crippen molar-refractivity contribution in [3.05, 3.63) is 53.9 Å². The molecule has 0 aliphatic rings. The molecule has 0 saturated heterocycles. The highest BCUT2D eigenvalue weighted by molar-refractivity contribution is 5.46. The number of hydrogen-bond donors (Lipinski definition) is 1. The summed E-state index contributed by atoms with van der Waals surface area (Å²) in [4.78, 5) is 7.86. The SMILES string of the molecule is Cc1ccc(NCc2ccncn2)c(F)c1. The predicted molar refractivity (Wildman–Crippen MR) is 60.5 cm³/mol. The van der Waals surface area contributed by atoms with E-state index in [-0.39, 0.29) is 5.82 Å². The van der Waals surface area contributed by atoms with Crippen LogP contribution in [0.1, 0.15) is 11.3 Å². The van der Waals surface area contributed by atoms with Gasteiger partial charge in [0.15, 0.2) is 0 Å². The first-order chi connectivity index (χ1) is 7.75. The van der Waals surface area contributed by atoms with Gasteiger partial charge in [0, 0.05) is 6.20 Å². The quantitative estimate of drug-likeness (QED) is 0.858. The molecule has 1 aromatic heterocycles. The van der Waals surface area contributed by atoms with E-state index in [2.05, 4.69) is 15.3 Å². The lowest BCUT2D eigenvalue weighted by atomic mass is 10.2. The summed E-state index contributed by atoms with van der Waals surface area (Å²) in [6.45, 7) is 2.35. The molecule has 1 heterocycles. The summed E-state index contributed by atoms with van der Waals surface area (Å²) in [6, 6.07) is 6.89. The van der Waals surface area contributed by atoms with Gasteiger partial charge in [0.25, 0.3) is 0 Å². The van der Waals surface area contributed by atoms with Crippen molar-refractivity contribution < 1.29 is 4.39 Å². The van der Waals surface area contributed by atoms with E-state index in [0.29, 0.717) is 12.2 Å². The molecule has 0 spiro atoms. The molecule has 16 heavy (non-hydrogen) atoms. The summed E-state index contributed by atoms with van der Waals surface area (Å²) in [5.41, 5.74) is 2.23. The van der Waals surface area contributed by atoms with Gasteiger partial charge >= 0.3 is 0 Å². The monoisotopic (exact) mass is 217 g/mol. The molecule has 2 rings (SSSR count). The van der Waals surface area contributed by atoms with E-state index in [1.165, 1.54) is 12.4 Å². The average molecular weight is 217 g/mol. The van der Waals surface area contributed by atoms with Crippen LogP contribution >= 0.6 is 0 Å².